The third-order valence-corrected chi connectivity index (χ3v) is 4.08. The number of amides is 1. The summed E-state index contributed by atoms with van der Waals surface area (Å²) in [6.45, 7) is 1.63. The lowest BCUT2D eigenvalue weighted by atomic mass is 9.94. The molecule has 2 rings (SSSR count). The van der Waals surface area contributed by atoms with Crippen LogP contribution in [0.25, 0.3) is 0 Å². The second-order valence-electron chi connectivity index (χ2n) is 5.18. The SMILES string of the molecule is Cc1cc(C(=O)NC2CCC(Cl)CC2)ccc1[N+](=O)[O-]. The molecule has 1 aromatic rings. The lowest BCUT2D eigenvalue weighted by molar-refractivity contribution is -0.385. The van der Waals surface area contributed by atoms with Gasteiger partial charge in [0.15, 0.2) is 0 Å². The summed E-state index contributed by atoms with van der Waals surface area (Å²) in [5.41, 5.74) is 0.984. The number of carbonyl (C=O) groups is 1. The monoisotopic (exact) mass is 296 g/mol. The molecule has 0 bridgehead atoms. The number of hydrogen-bond acceptors (Lipinski definition) is 3. The Morgan fingerprint density at radius 2 is 2.00 bits per heavy atom. The van der Waals surface area contributed by atoms with E-state index in [0.717, 1.165) is 25.7 Å². The minimum absolute atomic E-state index is 0.0317. The highest BCUT2D eigenvalue weighted by Gasteiger charge is 2.22. The predicted octanol–water partition coefficient (Wildman–Crippen LogP) is 3.18. The van der Waals surface area contributed by atoms with Crippen molar-refractivity contribution in [3.63, 3.8) is 0 Å². The molecule has 1 fully saturated rings. The van der Waals surface area contributed by atoms with Crippen LogP contribution in [0.15, 0.2) is 18.2 Å². The fraction of sp³-hybridized carbons (Fsp3) is 0.500. The summed E-state index contributed by atoms with van der Waals surface area (Å²) in [6.07, 6.45) is 3.58. The van der Waals surface area contributed by atoms with Crippen LogP contribution in [-0.2, 0) is 0 Å². The van der Waals surface area contributed by atoms with E-state index in [1.807, 2.05) is 0 Å². The van der Waals surface area contributed by atoms with E-state index in [1.165, 1.54) is 12.1 Å². The topological polar surface area (TPSA) is 72.2 Å². The Bertz CT molecular complexity index is 525. The Hall–Kier alpha value is -1.62. The quantitative estimate of drug-likeness (QED) is 0.529. The Labute approximate surface area is 122 Å². The molecule has 1 amide bonds. The van der Waals surface area contributed by atoms with Crippen molar-refractivity contribution >= 4 is 23.2 Å². The Morgan fingerprint density at radius 1 is 1.35 bits per heavy atom. The molecule has 1 aliphatic carbocycles. The number of aryl methyl sites for hydroxylation is 1. The number of alkyl halides is 1. The molecular formula is C14H17ClN2O3. The fourth-order valence-electron chi connectivity index (χ4n) is 2.47. The van der Waals surface area contributed by atoms with Crippen LogP contribution in [0.4, 0.5) is 5.69 Å². The number of benzene rings is 1. The molecule has 0 saturated heterocycles. The van der Waals surface area contributed by atoms with E-state index in [-0.39, 0.29) is 23.0 Å². The first-order chi connectivity index (χ1) is 9.47. The van der Waals surface area contributed by atoms with Gasteiger partial charge in [-0.25, -0.2) is 0 Å². The van der Waals surface area contributed by atoms with Gasteiger partial charge in [-0.15, -0.1) is 11.6 Å². The number of nitro benzene ring substituents is 1. The number of rotatable bonds is 3. The molecule has 108 valence electrons. The molecule has 1 aromatic carbocycles. The number of halogens is 1. The molecule has 5 nitrogen and oxygen atoms in total. The molecule has 0 aliphatic heterocycles. The van der Waals surface area contributed by atoms with Crippen molar-refractivity contribution in [1.29, 1.82) is 0 Å². The maximum absolute atomic E-state index is 12.1. The standard InChI is InChI=1S/C14H17ClN2O3/c1-9-8-10(2-7-13(9)17(19)20)14(18)16-12-5-3-11(15)4-6-12/h2,7-8,11-12H,3-6H2,1H3,(H,16,18). The van der Waals surface area contributed by atoms with Crippen LogP contribution in [0.5, 0.6) is 0 Å². The van der Waals surface area contributed by atoms with Gasteiger partial charge in [-0.1, -0.05) is 0 Å². The van der Waals surface area contributed by atoms with E-state index in [1.54, 1.807) is 13.0 Å². The molecular weight excluding hydrogens is 280 g/mol. The zero-order chi connectivity index (χ0) is 14.7. The molecule has 0 radical (unpaired) electrons. The van der Waals surface area contributed by atoms with Crippen LogP contribution < -0.4 is 5.32 Å². The second kappa shape index (κ2) is 6.22. The van der Waals surface area contributed by atoms with E-state index in [0.29, 0.717) is 11.1 Å². The van der Waals surface area contributed by atoms with Crippen LogP contribution in [0.2, 0.25) is 0 Å². The number of carbonyl (C=O) groups excluding carboxylic acids is 1. The van der Waals surface area contributed by atoms with E-state index in [2.05, 4.69) is 5.32 Å². The van der Waals surface area contributed by atoms with Crippen molar-refractivity contribution < 1.29 is 9.72 Å². The third kappa shape index (κ3) is 3.48. The van der Waals surface area contributed by atoms with Gasteiger partial charge in [0.2, 0.25) is 0 Å². The highest BCUT2D eigenvalue weighted by atomic mass is 35.5. The Morgan fingerprint density at radius 3 is 2.55 bits per heavy atom. The van der Waals surface area contributed by atoms with Gasteiger partial charge >= 0.3 is 0 Å². The smallest absolute Gasteiger partial charge is 0.272 e. The number of nitrogens with one attached hydrogen (secondary N) is 1. The minimum atomic E-state index is -0.446. The van der Waals surface area contributed by atoms with Crippen LogP contribution in [0.1, 0.15) is 41.6 Å². The van der Waals surface area contributed by atoms with Crippen LogP contribution in [-0.4, -0.2) is 22.2 Å². The summed E-state index contributed by atoms with van der Waals surface area (Å²) in [5.74, 6) is -0.180. The van der Waals surface area contributed by atoms with Gasteiger partial charge in [-0.05, 0) is 44.7 Å². The molecule has 1 N–H and O–H groups in total. The summed E-state index contributed by atoms with van der Waals surface area (Å²) in [6, 6.07) is 4.57. The average Bonchev–Trinajstić information content (AvgIpc) is 2.40. The number of nitrogens with zero attached hydrogens (tertiary/aromatic N) is 1. The summed E-state index contributed by atoms with van der Waals surface area (Å²) in [7, 11) is 0. The van der Waals surface area contributed by atoms with Gasteiger partial charge in [0.1, 0.15) is 0 Å². The first-order valence-electron chi connectivity index (χ1n) is 6.67. The average molecular weight is 297 g/mol. The number of nitro groups is 1. The maximum Gasteiger partial charge on any atom is 0.272 e. The van der Waals surface area contributed by atoms with Crippen molar-refractivity contribution in [2.75, 3.05) is 0 Å². The summed E-state index contributed by atoms with van der Waals surface area (Å²) >= 11 is 6.03. The van der Waals surface area contributed by atoms with E-state index >= 15 is 0 Å². The van der Waals surface area contributed by atoms with Gasteiger partial charge in [-0.3, -0.25) is 14.9 Å². The molecule has 0 spiro atoms. The van der Waals surface area contributed by atoms with Gasteiger partial charge in [-0.2, -0.15) is 0 Å². The molecule has 6 heteroatoms. The molecule has 0 aromatic heterocycles. The second-order valence-corrected chi connectivity index (χ2v) is 5.80. The first kappa shape index (κ1) is 14.8. The first-order valence-corrected chi connectivity index (χ1v) is 7.11. The van der Waals surface area contributed by atoms with Gasteiger partial charge in [0, 0.05) is 28.6 Å². The van der Waals surface area contributed by atoms with E-state index < -0.39 is 4.92 Å². The van der Waals surface area contributed by atoms with E-state index in [9.17, 15) is 14.9 Å². The lowest BCUT2D eigenvalue weighted by Crippen LogP contribution is -2.37. The third-order valence-electron chi connectivity index (χ3n) is 3.65. The molecule has 20 heavy (non-hydrogen) atoms. The van der Waals surface area contributed by atoms with Crippen molar-refractivity contribution in [2.24, 2.45) is 0 Å². The van der Waals surface area contributed by atoms with E-state index in [4.69, 9.17) is 11.6 Å². The van der Waals surface area contributed by atoms with Crippen LogP contribution in [0.3, 0.4) is 0 Å². The van der Waals surface area contributed by atoms with Crippen LogP contribution in [0, 0.1) is 17.0 Å². The lowest BCUT2D eigenvalue weighted by Gasteiger charge is -2.25. The largest absolute Gasteiger partial charge is 0.349 e. The van der Waals surface area contributed by atoms with Gasteiger partial charge < -0.3 is 5.32 Å². The number of hydrogen-bond donors (Lipinski definition) is 1. The summed E-state index contributed by atoms with van der Waals surface area (Å²) in [4.78, 5) is 22.4. The fourth-order valence-corrected chi connectivity index (χ4v) is 2.72. The van der Waals surface area contributed by atoms with Gasteiger partial charge in [0.25, 0.3) is 11.6 Å². The summed E-state index contributed by atoms with van der Waals surface area (Å²) in [5, 5.41) is 13.9. The highest BCUT2D eigenvalue weighted by molar-refractivity contribution is 6.20. The predicted molar refractivity (Wildman–Crippen MR) is 77.2 cm³/mol. The minimum Gasteiger partial charge on any atom is -0.349 e. The molecule has 1 saturated carbocycles. The Balaban J connectivity index is 2.02. The van der Waals surface area contributed by atoms with Crippen molar-refractivity contribution in [1.82, 2.24) is 5.32 Å². The van der Waals surface area contributed by atoms with Crippen molar-refractivity contribution in [3.05, 3.63) is 39.4 Å². The molecule has 1 aliphatic rings. The molecule has 0 unspecified atom stereocenters. The summed E-state index contributed by atoms with van der Waals surface area (Å²) < 4.78 is 0. The van der Waals surface area contributed by atoms with Crippen molar-refractivity contribution in [3.8, 4) is 0 Å². The van der Waals surface area contributed by atoms with Crippen LogP contribution >= 0.6 is 11.6 Å². The zero-order valence-corrected chi connectivity index (χ0v) is 12.0. The van der Waals surface area contributed by atoms with Gasteiger partial charge in [0.05, 0.1) is 4.92 Å². The molecule has 0 heterocycles. The maximum atomic E-state index is 12.1. The Kier molecular flexibility index (Phi) is 4.60. The van der Waals surface area contributed by atoms with Crippen molar-refractivity contribution in [2.45, 2.75) is 44.0 Å². The molecule has 0 atom stereocenters. The zero-order valence-electron chi connectivity index (χ0n) is 11.3. The highest BCUT2D eigenvalue weighted by Crippen LogP contribution is 2.23. The normalized spacial score (nSPS) is 22.3.